The molecule has 0 radical (unpaired) electrons. The van der Waals surface area contributed by atoms with Gasteiger partial charge in [0.25, 0.3) is 5.69 Å². The van der Waals surface area contributed by atoms with Crippen LogP contribution in [0.25, 0.3) is 0 Å². The van der Waals surface area contributed by atoms with Crippen LogP contribution in [0.2, 0.25) is 0 Å². The third kappa shape index (κ3) is 3.55. The Balaban J connectivity index is 2.32. The third-order valence-corrected chi connectivity index (χ3v) is 3.96. The van der Waals surface area contributed by atoms with Crippen molar-refractivity contribution < 1.29 is 14.5 Å². The molecule has 1 aliphatic heterocycles. The molecule has 0 amide bonds. The SMILES string of the molecule is COC(=O)C[C@@H]1CCc2cc([N+](=O)[O-])ccc2N1CC(C)C. The van der Waals surface area contributed by atoms with Crippen LogP contribution in [0.5, 0.6) is 0 Å². The van der Waals surface area contributed by atoms with E-state index in [-0.39, 0.29) is 22.6 Å². The number of hydrogen-bond donors (Lipinski definition) is 0. The Kier molecular flexibility index (Phi) is 5.00. The summed E-state index contributed by atoms with van der Waals surface area (Å²) < 4.78 is 4.79. The van der Waals surface area contributed by atoms with Gasteiger partial charge in [0.05, 0.1) is 18.5 Å². The molecule has 0 bridgehead atoms. The summed E-state index contributed by atoms with van der Waals surface area (Å²) in [5.41, 5.74) is 2.10. The molecule has 1 aromatic carbocycles. The predicted octanol–water partition coefficient (Wildman–Crippen LogP) is 2.94. The van der Waals surface area contributed by atoms with Gasteiger partial charge in [-0.15, -0.1) is 0 Å². The maximum absolute atomic E-state index is 11.6. The minimum Gasteiger partial charge on any atom is -0.469 e. The number of nitrogens with zero attached hydrogens (tertiary/aromatic N) is 2. The molecule has 0 unspecified atom stereocenters. The Morgan fingerprint density at radius 1 is 1.50 bits per heavy atom. The fourth-order valence-electron chi connectivity index (χ4n) is 2.97. The third-order valence-electron chi connectivity index (χ3n) is 3.96. The van der Waals surface area contributed by atoms with Gasteiger partial charge < -0.3 is 9.64 Å². The van der Waals surface area contributed by atoms with Gasteiger partial charge in [-0.3, -0.25) is 14.9 Å². The number of rotatable bonds is 5. The van der Waals surface area contributed by atoms with Crippen LogP contribution in [-0.4, -0.2) is 30.6 Å². The molecule has 0 aliphatic carbocycles. The topological polar surface area (TPSA) is 72.7 Å². The number of benzene rings is 1. The number of aryl methyl sites for hydroxylation is 1. The van der Waals surface area contributed by atoms with Gasteiger partial charge in [-0.2, -0.15) is 0 Å². The average Bonchev–Trinajstić information content (AvgIpc) is 2.48. The highest BCUT2D eigenvalue weighted by atomic mass is 16.6. The van der Waals surface area contributed by atoms with Crippen LogP contribution < -0.4 is 4.90 Å². The number of carbonyl (C=O) groups is 1. The molecule has 0 aromatic heterocycles. The summed E-state index contributed by atoms with van der Waals surface area (Å²) in [5.74, 6) is 0.213. The van der Waals surface area contributed by atoms with E-state index in [0.717, 1.165) is 30.6 Å². The molecule has 120 valence electrons. The highest BCUT2D eigenvalue weighted by Crippen LogP contribution is 2.35. The van der Waals surface area contributed by atoms with Crippen LogP contribution in [0.4, 0.5) is 11.4 Å². The molecular weight excluding hydrogens is 284 g/mol. The van der Waals surface area contributed by atoms with Gasteiger partial charge in [-0.25, -0.2) is 0 Å². The Labute approximate surface area is 130 Å². The van der Waals surface area contributed by atoms with Crippen LogP contribution in [0.15, 0.2) is 18.2 Å². The molecule has 0 spiro atoms. The number of nitro groups is 1. The smallest absolute Gasteiger partial charge is 0.307 e. The molecule has 6 heteroatoms. The first-order chi connectivity index (χ1) is 10.4. The minimum absolute atomic E-state index is 0.0869. The molecule has 6 nitrogen and oxygen atoms in total. The van der Waals surface area contributed by atoms with E-state index in [1.165, 1.54) is 13.2 Å². The first-order valence-corrected chi connectivity index (χ1v) is 7.53. The molecule has 2 rings (SSSR count). The van der Waals surface area contributed by atoms with Crippen LogP contribution in [-0.2, 0) is 16.0 Å². The van der Waals surface area contributed by atoms with Gasteiger partial charge in [-0.05, 0) is 30.4 Å². The molecule has 0 saturated heterocycles. The zero-order chi connectivity index (χ0) is 16.3. The molecule has 1 heterocycles. The lowest BCUT2D eigenvalue weighted by Crippen LogP contribution is -2.43. The number of fused-ring (bicyclic) bond motifs is 1. The number of nitro benzene ring substituents is 1. The highest BCUT2D eigenvalue weighted by Gasteiger charge is 2.29. The normalized spacial score (nSPS) is 17.3. The largest absolute Gasteiger partial charge is 0.469 e. The molecule has 1 aromatic rings. The van der Waals surface area contributed by atoms with E-state index in [1.807, 2.05) is 0 Å². The summed E-state index contributed by atoms with van der Waals surface area (Å²) in [7, 11) is 1.40. The van der Waals surface area contributed by atoms with E-state index >= 15 is 0 Å². The van der Waals surface area contributed by atoms with Crippen LogP contribution in [0.1, 0.15) is 32.3 Å². The fraction of sp³-hybridized carbons (Fsp3) is 0.562. The summed E-state index contributed by atoms with van der Waals surface area (Å²) in [4.78, 5) is 24.4. The van der Waals surface area contributed by atoms with E-state index < -0.39 is 0 Å². The van der Waals surface area contributed by atoms with Crippen molar-refractivity contribution in [2.24, 2.45) is 5.92 Å². The Morgan fingerprint density at radius 2 is 2.23 bits per heavy atom. The lowest BCUT2D eigenvalue weighted by molar-refractivity contribution is -0.384. The van der Waals surface area contributed by atoms with E-state index in [4.69, 9.17) is 4.74 Å². The predicted molar refractivity (Wildman–Crippen MR) is 84.0 cm³/mol. The van der Waals surface area contributed by atoms with Gasteiger partial charge in [0.1, 0.15) is 0 Å². The van der Waals surface area contributed by atoms with Crippen molar-refractivity contribution in [1.29, 1.82) is 0 Å². The summed E-state index contributed by atoms with van der Waals surface area (Å²) in [6.07, 6.45) is 1.89. The van der Waals surface area contributed by atoms with Gasteiger partial charge >= 0.3 is 5.97 Å². The van der Waals surface area contributed by atoms with Gasteiger partial charge in [0.2, 0.25) is 0 Å². The van der Waals surface area contributed by atoms with Crippen molar-refractivity contribution in [2.75, 3.05) is 18.6 Å². The second kappa shape index (κ2) is 6.77. The zero-order valence-corrected chi connectivity index (χ0v) is 13.2. The second-order valence-corrected chi connectivity index (χ2v) is 6.09. The number of methoxy groups -OCH3 is 1. The number of ether oxygens (including phenoxy) is 1. The minimum atomic E-state index is -0.367. The number of non-ortho nitro benzene ring substituents is 1. The highest BCUT2D eigenvalue weighted by molar-refractivity contribution is 5.71. The maximum Gasteiger partial charge on any atom is 0.307 e. The molecule has 0 fully saturated rings. The van der Waals surface area contributed by atoms with Crippen molar-refractivity contribution in [3.05, 3.63) is 33.9 Å². The van der Waals surface area contributed by atoms with E-state index in [0.29, 0.717) is 12.3 Å². The number of anilines is 1. The van der Waals surface area contributed by atoms with E-state index in [1.54, 1.807) is 12.1 Å². The van der Waals surface area contributed by atoms with Crippen LogP contribution in [0.3, 0.4) is 0 Å². The summed E-state index contributed by atoms with van der Waals surface area (Å²) >= 11 is 0. The standard InChI is InChI=1S/C16H22N2O4/c1-11(2)10-17-13(9-16(19)22-3)5-4-12-8-14(18(20)21)6-7-15(12)17/h6-8,11,13H,4-5,9-10H2,1-3H3/t13-/m0/s1. The van der Waals surface area contributed by atoms with Crippen molar-refractivity contribution in [1.82, 2.24) is 0 Å². The molecule has 0 saturated carbocycles. The van der Waals surface area contributed by atoms with E-state index in [9.17, 15) is 14.9 Å². The van der Waals surface area contributed by atoms with Gasteiger partial charge in [0, 0.05) is 30.4 Å². The number of hydrogen-bond acceptors (Lipinski definition) is 5. The molecule has 1 atom stereocenters. The second-order valence-electron chi connectivity index (χ2n) is 6.09. The van der Waals surface area contributed by atoms with Gasteiger partial charge in [0.15, 0.2) is 0 Å². The monoisotopic (exact) mass is 306 g/mol. The van der Waals surface area contributed by atoms with Crippen molar-refractivity contribution in [3.63, 3.8) is 0 Å². The van der Waals surface area contributed by atoms with Crippen LogP contribution >= 0.6 is 0 Å². The van der Waals surface area contributed by atoms with Crippen molar-refractivity contribution in [2.45, 2.75) is 39.2 Å². The molecule has 0 N–H and O–H groups in total. The molecular formula is C16H22N2O4. The lowest BCUT2D eigenvalue weighted by atomic mass is 9.92. The summed E-state index contributed by atoms with van der Waals surface area (Å²) in [5, 5.41) is 10.9. The molecule has 22 heavy (non-hydrogen) atoms. The van der Waals surface area contributed by atoms with Crippen LogP contribution in [0, 0.1) is 16.0 Å². The fourth-order valence-corrected chi connectivity index (χ4v) is 2.97. The summed E-state index contributed by atoms with van der Waals surface area (Å²) in [6.45, 7) is 5.05. The lowest BCUT2D eigenvalue weighted by Gasteiger charge is -2.39. The molecule has 1 aliphatic rings. The number of esters is 1. The average molecular weight is 306 g/mol. The Bertz CT molecular complexity index is 571. The van der Waals surface area contributed by atoms with Crippen molar-refractivity contribution in [3.8, 4) is 0 Å². The zero-order valence-electron chi connectivity index (χ0n) is 13.2. The van der Waals surface area contributed by atoms with E-state index in [2.05, 4.69) is 18.7 Å². The van der Waals surface area contributed by atoms with Gasteiger partial charge in [-0.1, -0.05) is 13.8 Å². The first-order valence-electron chi connectivity index (χ1n) is 7.53. The summed E-state index contributed by atoms with van der Waals surface area (Å²) in [6, 6.07) is 5.08. The Hall–Kier alpha value is -2.11. The first kappa shape index (κ1) is 16.3. The quantitative estimate of drug-likeness (QED) is 0.475. The maximum atomic E-state index is 11.6. The number of carbonyl (C=O) groups excluding carboxylic acids is 1. The van der Waals surface area contributed by atoms with Crippen molar-refractivity contribution >= 4 is 17.3 Å². The Morgan fingerprint density at radius 3 is 2.82 bits per heavy atom.